The normalized spacial score (nSPS) is 12.3. The maximum Gasteiger partial charge on any atom is 0.252 e. The van der Waals surface area contributed by atoms with Crippen molar-refractivity contribution in [3.05, 3.63) is 46.2 Å². The van der Waals surface area contributed by atoms with E-state index in [1.54, 1.807) is 11.3 Å². The van der Waals surface area contributed by atoms with Crippen LogP contribution in [0.4, 0.5) is 0 Å². The van der Waals surface area contributed by atoms with Crippen LogP contribution in [0.1, 0.15) is 35.1 Å². The number of amides is 1. The molecular formula is C15H17NO3S. The van der Waals surface area contributed by atoms with Crippen molar-refractivity contribution in [2.45, 2.75) is 19.9 Å². The molecule has 3 N–H and O–H groups in total. The van der Waals surface area contributed by atoms with Crippen LogP contribution in [0.5, 0.6) is 11.5 Å². The molecule has 0 bridgehead atoms. The van der Waals surface area contributed by atoms with Crippen LogP contribution in [0.25, 0.3) is 0 Å². The molecular weight excluding hydrogens is 274 g/mol. The number of hydrogen-bond donors (Lipinski definition) is 3. The summed E-state index contributed by atoms with van der Waals surface area (Å²) < 4.78 is 0. The SMILES string of the molecule is CC(C)C(NC(=O)c1cc(O)cc(O)c1)c1cccs1. The first-order valence-corrected chi connectivity index (χ1v) is 7.22. The monoisotopic (exact) mass is 291 g/mol. The molecule has 1 amide bonds. The number of phenolic OH excluding ortho intramolecular Hbond substituents is 2. The van der Waals surface area contributed by atoms with Gasteiger partial charge in [-0.3, -0.25) is 4.79 Å². The fourth-order valence-electron chi connectivity index (χ4n) is 1.99. The van der Waals surface area contributed by atoms with Crippen molar-refractivity contribution < 1.29 is 15.0 Å². The summed E-state index contributed by atoms with van der Waals surface area (Å²) in [5.41, 5.74) is 0.240. The number of rotatable bonds is 4. The van der Waals surface area contributed by atoms with Crippen LogP contribution >= 0.6 is 11.3 Å². The number of phenols is 2. The van der Waals surface area contributed by atoms with Gasteiger partial charge in [0.05, 0.1) is 6.04 Å². The van der Waals surface area contributed by atoms with Gasteiger partial charge in [-0.05, 0) is 29.5 Å². The summed E-state index contributed by atoms with van der Waals surface area (Å²) in [5, 5.41) is 23.8. The Bertz CT molecular complexity index is 573. The molecule has 4 nitrogen and oxygen atoms in total. The quantitative estimate of drug-likeness (QED) is 0.809. The Morgan fingerprint density at radius 1 is 1.20 bits per heavy atom. The Hall–Kier alpha value is -2.01. The van der Waals surface area contributed by atoms with Gasteiger partial charge in [-0.15, -0.1) is 11.3 Å². The van der Waals surface area contributed by atoms with E-state index < -0.39 is 0 Å². The third-order valence-corrected chi connectivity index (χ3v) is 3.92. The first-order valence-electron chi connectivity index (χ1n) is 6.34. The second-order valence-corrected chi connectivity index (χ2v) is 5.93. The number of hydrogen-bond acceptors (Lipinski definition) is 4. The van der Waals surface area contributed by atoms with Gasteiger partial charge >= 0.3 is 0 Å². The molecule has 0 aliphatic rings. The Morgan fingerprint density at radius 2 is 1.85 bits per heavy atom. The smallest absolute Gasteiger partial charge is 0.252 e. The van der Waals surface area contributed by atoms with Crippen LogP contribution < -0.4 is 5.32 Å². The second kappa shape index (κ2) is 5.96. The summed E-state index contributed by atoms with van der Waals surface area (Å²) >= 11 is 1.59. The Morgan fingerprint density at radius 3 is 2.35 bits per heavy atom. The number of thiophene rings is 1. The van der Waals surface area contributed by atoms with Crippen LogP contribution in [-0.2, 0) is 0 Å². The summed E-state index contributed by atoms with van der Waals surface area (Å²) in [6.07, 6.45) is 0. The molecule has 1 aromatic heterocycles. The van der Waals surface area contributed by atoms with Crippen molar-refractivity contribution >= 4 is 17.2 Å². The van der Waals surface area contributed by atoms with Gasteiger partial charge in [0.15, 0.2) is 0 Å². The molecule has 1 unspecified atom stereocenters. The molecule has 5 heteroatoms. The minimum atomic E-state index is -0.316. The molecule has 0 fully saturated rings. The minimum Gasteiger partial charge on any atom is -0.508 e. The Labute approximate surface area is 121 Å². The summed E-state index contributed by atoms with van der Waals surface area (Å²) in [5.74, 6) is -0.341. The molecule has 0 aliphatic heterocycles. The van der Waals surface area contributed by atoms with E-state index in [4.69, 9.17) is 0 Å². The second-order valence-electron chi connectivity index (χ2n) is 4.95. The van der Waals surface area contributed by atoms with E-state index in [0.717, 1.165) is 4.88 Å². The van der Waals surface area contributed by atoms with Gasteiger partial charge in [-0.2, -0.15) is 0 Å². The van der Waals surface area contributed by atoms with Crippen LogP contribution in [0.15, 0.2) is 35.7 Å². The first-order chi connectivity index (χ1) is 9.47. The highest BCUT2D eigenvalue weighted by Gasteiger charge is 2.20. The zero-order valence-corrected chi connectivity index (χ0v) is 12.1. The molecule has 2 aromatic rings. The van der Waals surface area contributed by atoms with Gasteiger partial charge in [0.25, 0.3) is 5.91 Å². The lowest BCUT2D eigenvalue weighted by molar-refractivity contribution is 0.0925. The molecule has 106 valence electrons. The van der Waals surface area contributed by atoms with E-state index in [9.17, 15) is 15.0 Å². The minimum absolute atomic E-state index is 0.0907. The molecule has 0 saturated heterocycles. The van der Waals surface area contributed by atoms with Crippen molar-refractivity contribution in [1.82, 2.24) is 5.32 Å². The van der Waals surface area contributed by atoms with Crippen molar-refractivity contribution in [2.24, 2.45) is 5.92 Å². The van der Waals surface area contributed by atoms with E-state index in [0.29, 0.717) is 0 Å². The number of aromatic hydroxyl groups is 2. The predicted molar refractivity (Wildman–Crippen MR) is 79.1 cm³/mol. The fourth-order valence-corrected chi connectivity index (χ4v) is 2.93. The maximum atomic E-state index is 12.2. The summed E-state index contributed by atoms with van der Waals surface area (Å²) in [7, 11) is 0. The highest BCUT2D eigenvalue weighted by Crippen LogP contribution is 2.27. The third kappa shape index (κ3) is 3.30. The van der Waals surface area contributed by atoms with Crippen LogP contribution in [0.2, 0.25) is 0 Å². The first kappa shape index (κ1) is 14.4. The molecule has 1 heterocycles. The van der Waals surface area contributed by atoms with Gasteiger partial charge in [-0.25, -0.2) is 0 Å². The largest absolute Gasteiger partial charge is 0.508 e. The number of nitrogens with one attached hydrogen (secondary N) is 1. The van der Waals surface area contributed by atoms with Gasteiger partial charge in [-0.1, -0.05) is 19.9 Å². The van der Waals surface area contributed by atoms with Gasteiger partial charge in [0, 0.05) is 16.5 Å². The van der Waals surface area contributed by atoms with E-state index >= 15 is 0 Å². The molecule has 0 spiro atoms. The Kier molecular flexibility index (Phi) is 4.29. The number of benzene rings is 1. The number of carbonyl (C=O) groups excluding carboxylic acids is 1. The zero-order valence-electron chi connectivity index (χ0n) is 11.3. The number of carbonyl (C=O) groups is 1. The summed E-state index contributed by atoms with van der Waals surface area (Å²) in [6, 6.07) is 7.70. The van der Waals surface area contributed by atoms with Crippen LogP contribution in [0.3, 0.4) is 0 Å². The lowest BCUT2D eigenvalue weighted by atomic mass is 10.0. The predicted octanol–water partition coefficient (Wildman–Crippen LogP) is 3.29. The molecule has 1 atom stereocenters. The van der Waals surface area contributed by atoms with Crippen molar-refractivity contribution in [1.29, 1.82) is 0 Å². The van der Waals surface area contributed by atoms with Crippen molar-refractivity contribution in [2.75, 3.05) is 0 Å². The van der Waals surface area contributed by atoms with Crippen molar-refractivity contribution in [3.8, 4) is 11.5 Å². The molecule has 2 rings (SSSR count). The fraction of sp³-hybridized carbons (Fsp3) is 0.267. The van der Waals surface area contributed by atoms with Gasteiger partial charge in [0.1, 0.15) is 11.5 Å². The molecule has 20 heavy (non-hydrogen) atoms. The molecule has 0 saturated carbocycles. The average Bonchev–Trinajstić information content (AvgIpc) is 2.87. The van der Waals surface area contributed by atoms with Crippen molar-refractivity contribution in [3.63, 3.8) is 0 Å². The standard InChI is InChI=1S/C15H17NO3S/c1-9(2)14(13-4-3-5-20-13)16-15(19)10-6-11(17)8-12(18)7-10/h3-9,14,17-18H,1-2H3,(H,16,19). The summed E-state index contributed by atoms with van der Waals surface area (Å²) in [4.78, 5) is 13.3. The molecule has 0 aliphatic carbocycles. The highest BCUT2D eigenvalue weighted by atomic mass is 32.1. The van der Waals surface area contributed by atoms with E-state index in [-0.39, 0.29) is 34.9 Å². The van der Waals surface area contributed by atoms with Gasteiger partial charge < -0.3 is 15.5 Å². The maximum absolute atomic E-state index is 12.2. The van der Waals surface area contributed by atoms with E-state index in [1.807, 2.05) is 31.4 Å². The van der Waals surface area contributed by atoms with Crippen LogP contribution in [-0.4, -0.2) is 16.1 Å². The zero-order chi connectivity index (χ0) is 14.7. The molecule has 1 aromatic carbocycles. The van der Waals surface area contributed by atoms with E-state index in [1.165, 1.54) is 18.2 Å². The Balaban J connectivity index is 2.20. The van der Waals surface area contributed by atoms with Crippen LogP contribution in [0, 0.1) is 5.92 Å². The summed E-state index contributed by atoms with van der Waals surface area (Å²) in [6.45, 7) is 4.06. The topological polar surface area (TPSA) is 69.6 Å². The van der Waals surface area contributed by atoms with Gasteiger partial charge in [0.2, 0.25) is 0 Å². The lowest BCUT2D eigenvalue weighted by Gasteiger charge is -2.21. The third-order valence-electron chi connectivity index (χ3n) is 2.97. The highest BCUT2D eigenvalue weighted by molar-refractivity contribution is 7.10. The lowest BCUT2D eigenvalue weighted by Crippen LogP contribution is -2.31. The average molecular weight is 291 g/mol. The molecule has 0 radical (unpaired) electrons. The van der Waals surface area contributed by atoms with E-state index in [2.05, 4.69) is 5.32 Å².